The van der Waals surface area contributed by atoms with Gasteiger partial charge >= 0.3 is 5.97 Å². The van der Waals surface area contributed by atoms with Crippen molar-refractivity contribution in [1.82, 2.24) is 10.2 Å². The van der Waals surface area contributed by atoms with E-state index < -0.39 is 64.7 Å². The number of benzene rings is 1. The maximum absolute atomic E-state index is 14.0. The second-order valence-corrected chi connectivity index (χ2v) is 11.6. The van der Waals surface area contributed by atoms with E-state index >= 15 is 0 Å². The van der Waals surface area contributed by atoms with Gasteiger partial charge in [-0.15, -0.1) is 0 Å². The van der Waals surface area contributed by atoms with Gasteiger partial charge in [-0.05, 0) is 57.5 Å². The number of carbonyl (C=O) groups excluding carboxylic acids is 3. The first kappa shape index (κ1) is 30.4. The first-order chi connectivity index (χ1) is 19.1. The largest absolute Gasteiger partial charge is 0.507 e. The number of likely N-dealkylation sites (N-methyl/N-ethyl adjacent to an activating group) is 1. The van der Waals surface area contributed by atoms with Crippen LogP contribution >= 0.6 is 0 Å². The number of primary amides is 1. The molecule has 0 aromatic heterocycles. The standard InChI is InChI=1S/C28H38N4O9/c1-31(2)16-10-13(11-30-7-5-6-17(33)34)22(35)19-14(16)8-12-9-15-21(32(3)4)24(37)20(27(29)40)26(39)28(15,41)25(38)18(12)23(19)36/h10,12,15,20-21,24,30,35-37,41H,5-9,11H2,1-4H3,(H2,29,40)(H,33,34)/t12-,15-,20?,21-,24?,28-/m0/s1. The van der Waals surface area contributed by atoms with Crippen molar-refractivity contribution in [2.45, 2.75) is 50.0 Å². The van der Waals surface area contributed by atoms with Crippen LogP contribution in [-0.2, 0) is 32.1 Å². The molecule has 13 nitrogen and oxygen atoms in total. The van der Waals surface area contributed by atoms with Crippen LogP contribution in [0.2, 0.25) is 0 Å². The molecule has 2 unspecified atom stereocenters. The summed E-state index contributed by atoms with van der Waals surface area (Å²) in [6.07, 6.45) is -0.957. The van der Waals surface area contributed by atoms with Crippen LogP contribution in [0.1, 0.15) is 36.0 Å². The van der Waals surface area contributed by atoms with E-state index in [4.69, 9.17) is 10.8 Å². The summed E-state index contributed by atoms with van der Waals surface area (Å²) in [7, 11) is 6.79. The number of aliphatic carboxylic acids is 1. The predicted octanol–water partition coefficient (Wildman–Crippen LogP) is -0.851. The Bertz CT molecular complexity index is 1320. The minimum absolute atomic E-state index is 0.0130. The van der Waals surface area contributed by atoms with E-state index in [0.29, 0.717) is 29.8 Å². The lowest BCUT2D eigenvalue weighted by Gasteiger charge is -2.53. The van der Waals surface area contributed by atoms with Crippen molar-refractivity contribution < 1.29 is 44.7 Å². The van der Waals surface area contributed by atoms with Crippen molar-refractivity contribution in [3.63, 3.8) is 0 Å². The number of aliphatic hydroxyl groups excluding tert-OH is 2. The lowest BCUT2D eigenvalue weighted by Crippen LogP contribution is -2.73. The normalized spacial score (nSPS) is 29.2. The van der Waals surface area contributed by atoms with Crippen LogP contribution < -0.4 is 16.0 Å². The van der Waals surface area contributed by atoms with Gasteiger partial charge < -0.3 is 46.4 Å². The average molecular weight is 575 g/mol. The van der Waals surface area contributed by atoms with E-state index in [0.717, 1.165) is 0 Å². The predicted molar refractivity (Wildman–Crippen MR) is 147 cm³/mol. The number of aliphatic hydroxyl groups is 3. The van der Waals surface area contributed by atoms with E-state index in [1.807, 2.05) is 0 Å². The quantitative estimate of drug-likeness (QED) is 0.142. The van der Waals surface area contributed by atoms with Gasteiger partial charge in [0.1, 0.15) is 17.4 Å². The summed E-state index contributed by atoms with van der Waals surface area (Å²) in [4.78, 5) is 53.8. The topological polar surface area (TPSA) is 214 Å². The number of anilines is 1. The van der Waals surface area contributed by atoms with E-state index in [1.54, 1.807) is 44.1 Å². The lowest BCUT2D eigenvalue weighted by atomic mass is 9.54. The Morgan fingerprint density at radius 2 is 1.83 bits per heavy atom. The summed E-state index contributed by atoms with van der Waals surface area (Å²) in [5.74, 6) is -8.76. The summed E-state index contributed by atoms with van der Waals surface area (Å²) in [6, 6.07) is 0.798. The second-order valence-electron chi connectivity index (χ2n) is 11.6. The number of hydrogen-bond acceptors (Lipinski definition) is 11. The number of rotatable bonds is 9. The van der Waals surface area contributed by atoms with Crippen LogP contribution in [0.3, 0.4) is 0 Å². The van der Waals surface area contributed by atoms with Crippen molar-refractivity contribution >= 4 is 34.9 Å². The molecule has 13 heteroatoms. The summed E-state index contributed by atoms with van der Waals surface area (Å²) in [5, 5.41) is 57.4. The zero-order chi connectivity index (χ0) is 30.5. The number of carboxylic acid groups (broad SMARTS) is 1. The average Bonchev–Trinajstić information content (AvgIpc) is 2.86. The molecule has 4 rings (SSSR count). The molecule has 1 aromatic carbocycles. The highest BCUT2D eigenvalue weighted by molar-refractivity contribution is 6.25. The summed E-state index contributed by atoms with van der Waals surface area (Å²) in [6.45, 7) is 0.511. The zero-order valence-corrected chi connectivity index (χ0v) is 23.5. The molecule has 8 N–H and O–H groups in total. The van der Waals surface area contributed by atoms with Crippen LogP contribution in [0.15, 0.2) is 11.6 Å². The van der Waals surface area contributed by atoms with Crippen LogP contribution in [0.4, 0.5) is 5.69 Å². The third kappa shape index (κ3) is 4.86. The third-order valence-electron chi connectivity index (χ3n) is 8.69. The molecule has 0 aliphatic heterocycles. The zero-order valence-electron chi connectivity index (χ0n) is 23.5. The molecule has 3 aliphatic rings. The van der Waals surface area contributed by atoms with Gasteiger partial charge in [-0.3, -0.25) is 19.2 Å². The van der Waals surface area contributed by atoms with Gasteiger partial charge in [-0.2, -0.15) is 0 Å². The number of nitrogens with zero attached hydrogens (tertiary/aromatic N) is 2. The molecule has 1 aromatic rings. The fraction of sp³-hybridized carbons (Fsp3) is 0.571. The molecular formula is C28H38N4O9. The Balaban J connectivity index is 1.82. The maximum Gasteiger partial charge on any atom is 0.303 e. The highest BCUT2D eigenvalue weighted by atomic mass is 16.4. The number of amides is 1. The Labute approximate surface area is 237 Å². The molecule has 6 atom stereocenters. The van der Waals surface area contributed by atoms with Crippen molar-refractivity contribution in [2.24, 2.45) is 23.5 Å². The smallest absolute Gasteiger partial charge is 0.303 e. The number of ketones is 2. The summed E-state index contributed by atoms with van der Waals surface area (Å²) < 4.78 is 0. The second kappa shape index (κ2) is 11.0. The van der Waals surface area contributed by atoms with Crippen molar-refractivity contribution in [3.8, 4) is 5.75 Å². The fourth-order valence-corrected chi connectivity index (χ4v) is 6.83. The number of nitrogens with one attached hydrogen (secondary N) is 1. The van der Waals surface area contributed by atoms with Gasteiger partial charge in [0.2, 0.25) is 11.7 Å². The Kier molecular flexibility index (Phi) is 8.20. The SMILES string of the molecule is CN(C)c1cc(CNCCCC(=O)O)c(O)c2c1C[C@H]1C[C@H]3[C@H](N(C)C)C(O)C(C(N)=O)C(=O)[C@@]3(O)C(=O)C1=C2O. The van der Waals surface area contributed by atoms with Crippen molar-refractivity contribution in [2.75, 3.05) is 39.6 Å². The lowest BCUT2D eigenvalue weighted by molar-refractivity contribution is -0.184. The number of Topliss-reactive ketones (excluding diaryl/α,β-unsaturated/α-hetero) is 2. The van der Waals surface area contributed by atoms with Crippen LogP contribution in [0.25, 0.3) is 5.76 Å². The third-order valence-corrected chi connectivity index (χ3v) is 8.69. The number of fused-ring (bicyclic) bond motifs is 3. The van der Waals surface area contributed by atoms with Crippen molar-refractivity contribution in [1.29, 1.82) is 0 Å². The molecule has 41 heavy (non-hydrogen) atoms. The molecule has 3 aliphatic carbocycles. The van der Waals surface area contributed by atoms with Gasteiger partial charge in [0.25, 0.3) is 0 Å². The number of nitrogens with two attached hydrogens (primary N) is 1. The monoisotopic (exact) mass is 574 g/mol. The minimum Gasteiger partial charge on any atom is -0.507 e. The summed E-state index contributed by atoms with van der Waals surface area (Å²) >= 11 is 0. The van der Waals surface area contributed by atoms with Gasteiger partial charge in [-0.25, -0.2) is 0 Å². The first-order valence-electron chi connectivity index (χ1n) is 13.5. The molecule has 2 saturated carbocycles. The number of hydrogen-bond donors (Lipinski definition) is 7. The van der Waals surface area contributed by atoms with Crippen LogP contribution in [0.5, 0.6) is 5.75 Å². The highest BCUT2D eigenvalue weighted by Gasteiger charge is 2.67. The fourth-order valence-electron chi connectivity index (χ4n) is 6.83. The molecule has 0 bridgehead atoms. The minimum atomic E-state index is -2.71. The number of phenolic OH excluding ortho intramolecular Hbond substituents is 1. The molecule has 224 valence electrons. The first-order valence-corrected chi connectivity index (χ1v) is 13.5. The number of aromatic hydroxyl groups is 1. The Hall–Kier alpha value is -3.52. The van der Waals surface area contributed by atoms with Crippen LogP contribution in [-0.4, -0.2) is 106 Å². The molecule has 0 saturated heterocycles. The van der Waals surface area contributed by atoms with E-state index in [1.165, 1.54) is 0 Å². The van der Waals surface area contributed by atoms with E-state index in [-0.39, 0.29) is 42.7 Å². The van der Waals surface area contributed by atoms with Gasteiger partial charge in [0.15, 0.2) is 11.4 Å². The molecule has 0 radical (unpaired) electrons. The number of phenols is 1. The summed E-state index contributed by atoms with van der Waals surface area (Å²) in [5.41, 5.74) is 4.15. The number of carbonyl (C=O) groups is 4. The molecule has 2 fully saturated rings. The van der Waals surface area contributed by atoms with Gasteiger partial charge in [-0.1, -0.05) is 0 Å². The molecular weight excluding hydrogens is 536 g/mol. The van der Waals surface area contributed by atoms with Crippen molar-refractivity contribution in [3.05, 3.63) is 28.3 Å². The highest BCUT2D eigenvalue weighted by Crippen LogP contribution is 2.53. The van der Waals surface area contributed by atoms with Crippen LogP contribution in [0, 0.1) is 17.8 Å². The van der Waals surface area contributed by atoms with Gasteiger partial charge in [0.05, 0.1) is 11.7 Å². The Morgan fingerprint density at radius 1 is 1.17 bits per heavy atom. The molecule has 1 amide bonds. The van der Waals surface area contributed by atoms with Gasteiger partial charge in [0, 0.05) is 55.8 Å². The van der Waals surface area contributed by atoms with E-state index in [9.17, 15) is 39.6 Å². The maximum atomic E-state index is 14.0. The van der Waals surface area contributed by atoms with E-state index in [2.05, 4.69) is 5.32 Å². The number of carboxylic acids is 1. The molecule has 0 heterocycles. The Morgan fingerprint density at radius 3 is 2.39 bits per heavy atom. The molecule has 0 spiro atoms.